The lowest BCUT2D eigenvalue weighted by molar-refractivity contribution is -0.134. The van der Waals surface area contributed by atoms with Crippen LogP contribution in [0.2, 0.25) is 0 Å². The van der Waals surface area contributed by atoms with Gasteiger partial charge in [-0.15, -0.1) is 5.10 Å². The summed E-state index contributed by atoms with van der Waals surface area (Å²) >= 11 is 0. The SMILES string of the molecule is O=C(COc1ccc(F)cc1)N1CCCC(c2nnnn2-c2ccccc2)C1. The van der Waals surface area contributed by atoms with Crippen LogP contribution in [0, 0.1) is 5.82 Å². The monoisotopic (exact) mass is 381 g/mol. The van der Waals surface area contributed by atoms with Crippen molar-refractivity contribution in [2.75, 3.05) is 19.7 Å². The molecule has 1 amide bonds. The van der Waals surface area contributed by atoms with E-state index in [9.17, 15) is 9.18 Å². The molecule has 28 heavy (non-hydrogen) atoms. The van der Waals surface area contributed by atoms with E-state index in [0.717, 1.165) is 24.4 Å². The topological polar surface area (TPSA) is 73.1 Å². The molecule has 8 heteroatoms. The number of likely N-dealkylation sites (tertiary alicyclic amines) is 1. The van der Waals surface area contributed by atoms with Crippen molar-refractivity contribution < 1.29 is 13.9 Å². The van der Waals surface area contributed by atoms with Crippen LogP contribution in [0.1, 0.15) is 24.6 Å². The summed E-state index contributed by atoms with van der Waals surface area (Å²) in [4.78, 5) is 14.4. The lowest BCUT2D eigenvalue weighted by Gasteiger charge is -2.32. The third kappa shape index (κ3) is 4.00. The second kappa shape index (κ2) is 8.16. The highest BCUT2D eigenvalue weighted by Gasteiger charge is 2.29. The summed E-state index contributed by atoms with van der Waals surface area (Å²) in [5.74, 6) is 0.833. The molecule has 1 saturated heterocycles. The average molecular weight is 381 g/mol. The number of para-hydroxylation sites is 1. The van der Waals surface area contributed by atoms with Crippen molar-refractivity contribution in [2.45, 2.75) is 18.8 Å². The number of tetrazole rings is 1. The largest absolute Gasteiger partial charge is 0.484 e. The van der Waals surface area contributed by atoms with Gasteiger partial charge < -0.3 is 9.64 Å². The molecule has 1 aromatic heterocycles. The quantitative estimate of drug-likeness (QED) is 0.679. The van der Waals surface area contributed by atoms with Crippen LogP contribution in [0.3, 0.4) is 0 Å². The number of ether oxygens (including phenoxy) is 1. The van der Waals surface area contributed by atoms with Crippen molar-refractivity contribution in [1.82, 2.24) is 25.1 Å². The first-order valence-corrected chi connectivity index (χ1v) is 9.20. The summed E-state index contributed by atoms with van der Waals surface area (Å²) < 4.78 is 20.2. The molecule has 2 aromatic carbocycles. The van der Waals surface area contributed by atoms with E-state index in [1.165, 1.54) is 24.3 Å². The van der Waals surface area contributed by atoms with Gasteiger partial charge in [-0.3, -0.25) is 4.79 Å². The van der Waals surface area contributed by atoms with Gasteiger partial charge >= 0.3 is 0 Å². The van der Waals surface area contributed by atoms with Gasteiger partial charge in [0, 0.05) is 19.0 Å². The maximum absolute atomic E-state index is 13.0. The Morgan fingerprint density at radius 2 is 1.93 bits per heavy atom. The number of halogens is 1. The first-order chi connectivity index (χ1) is 13.7. The molecule has 0 aliphatic carbocycles. The molecule has 1 aliphatic rings. The molecule has 0 saturated carbocycles. The third-order valence-corrected chi connectivity index (χ3v) is 4.81. The maximum atomic E-state index is 13.0. The Bertz CT molecular complexity index is 929. The number of nitrogens with zero attached hydrogens (tertiary/aromatic N) is 5. The zero-order chi connectivity index (χ0) is 19.3. The van der Waals surface area contributed by atoms with Crippen molar-refractivity contribution in [1.29, 1.82) is 0 Å². The standard InChI is InChI=1S/C20H20FN5O2/c21-16-8-10-18(11-9-16)28-14-19(27)25-12-4-5-15(13-25)20-22-23-24-26(20)17-6-2-1-3-7-17/h1-3,6-11,15H,4-5,12-14H2. The molecule has 0 N–H and O–H groups in total. The van der Waals surface area contributed by atoms with Crippen LogP contribution in [0.4, 0.5) is 4.39 Å². The Hall–Kier alpha value is -3.29. The molecule has 1 unspecified atom stereocenters. The van der Waals surface area contributed by atoms with Crippen LogP contribution in [-0.2, 0) is 4.79 Å². The van der Waals surface area contributed by atoms with E-state index >= 15 is 0 Å². The average Bonchev–Trinajstić information content (AvgIpc) is 3.24. The molecule has 7 nitrogen and oxygen atoms in total. The lowest BCUT2D eigenvalue weighted by atomic mass is 9.97. The zero-order valence-corrected chi connectivity index (χ0v) is 15.2. The number of rotatable bonds is 5. The Labute approximate surface area is 161 Å². The van der Waals surface area contributed by atoms with Crippen molar-refractivity contribution in [2.24, 2.45) is 0 Å². The summed E-state index contributed by atoms with van der Waals surface area (Å²) in [7, 11) is 0. The van der Waals surface area contributed by atoms with E-state index < -0.39 is 0 Å². The molecule has 2 heterocycles. The highest BCUT2D eigenvalue weighted by atomic mass is 19.1. The van der Waals surface area contributed by atoms with E-state index in [0.29, 0.717) is 18.8 Å². The number of amides is 1. The summed E-state index contributed by atoms with van der Waals surface area (Å²) in [5, 5.41) is 12.2. The van der Waals surface area contributed by atoms with E-state index in [1.54, 1.807) is 9.58 Å². The van der Waals surface area contributed by atoms with Gasteiger partial charge in [0.25, 0.3) is 5.91 Å². The molecule has 0 spiro atoms. The normalized spacial score (nSPS) is 16.8. The molecular formula is C20H20FN5O2. The molecule has 1 fully saturated rings. The number of carbonyl (C=O) groups excluding carboxylic acids is 1. The van der Waals surface area contributed by atoms with Crippen LogP contribution in [0.15, 0.2) is 54.6 Å². The lowest BCUT2D eigenvalue weighted by Crippen LogP contribution is -2.42. The minimum atomic E-state index is -0.339. The molecule has 1 atom stereocenters. The van der Waals surface area contributed by atoms with Gasteiger partial charge in [0.2, 0.25) is 0 Å². The van der Waals surface area contributed by atoms with E-state index in [4.69, 9.17) is 4.74 Å². The van der Waals surface area contributed by atoms with Gasteiger partial charge in [-0.1, -0.05) is 18.2 Å². The number of carbonyl (C=O) groups is 1. The van der Waals surface area contributed by atoms with Crippen LogP contribution < -0.4 is 4.74 Å². The minimum absolute atomic E-state index is 0.0544. The summed E-state index contributed by atoms with van der Waals surface area (Å²) in [6.45, 7) is 1.13. The maximum Gasteiger partial charge on any atom is 0.260 e. The number of piperidine rings is 1. The second-order valence-electron chi connectivity index (χ2n) is 6.71. The van der Waals surface area contributed by atoms with Crippen molar-refractivity contribution in [3.63, 3.8) is 0 Å². The van der Waals surface area contributed by atoms with Crippen LogP contribution in [-0.4, -0.2) is 50.7 Å². The summed E-state index contributed by atoms with van der Waals surface area (Å²) in [6, 6.07) is 15.3. The van der Waals surface area contributed by atoms with Crippen LogP contribution in [0.5, 0.6) is 5.75 Å². The highest BCUT2D eigenvalue weighted by Crippen LogP contribution is 2.26. The number of hydrogen-bond donors (Lipinski definition) is 0. The third-order valence-electron chi connectivity index (χ3n) is 4.81. The predicted molar refractivity (Wildman–Crippen MR) is 99.6 cm³/mol. The molecule has 1 aliphatic heterocycles. The molecule has 0 bridgehead atoms. The fourth-order valence-corrected chi connectivity index (χ4v) is 3.38. The van der Waals surface area contributed by atoms with Crippen molar-refractivity contribution in [3.8, 4) is 11.4 Å². The van der Waals surface area contributed by atoms with Gasteiger partial charge in [0.1, 0.15) is 11.6 Å². The molecule has 0 radical (unpaired) electrons. The Balaban J connectivity index is 1.41. The summed E-state index contributed by atoms with van der Waals surface area (Å²) in [6.07, 6.45) is 1.78. The van der Waals surface area contributed by atoms with E-state index in [1.807, 2.05) is 30.3 Å². The first-order valence-electron chi connectivity index (χ1n) is 9.20. The van der Waals surface area contributed by atoms with Gasteiger partial charge in [-0.2, -0.15) is 4.68 Å². The Morgan fingerprint density at radius 1 is 1.14 bits per heavy atom. The molecule has 144 valence electrons. The fraction of sp³-hybridized carbons (Fsp3) is 0.300. The fourth-order valence-electron chi connectivity index (χ4n) is 3.38. The highest BCUT2D eigenvalue weighted by molar-refractivity contribution is 5.78. The number of benzene rings is 2. The number of hydrogen-bond acceptors (Lipinski definition) is 5. The molecular weight excluding hydrogens is 361 g/mol. The van der Waals surface area contributed by atoms with E-state index in [2.05, 4.69) is 15.5 Å². The van der Waals surface area contributed by atoms with Crippen molar-refractivity contribution >= 4 is 5.91 Å². The van der Waals surface area contributed by atoms with Gasteiger partial charge in [0.15, 0.2) is 12.4 Å². The zero-order valence-electron chi connectivity index (χ0n) is 15.2. The molecule has 3 aromatic rings. The van der Waals surface area contributed by atoms with Crippen LogP contribution >= 0.6 is 0 Å². The number of aromatic nitrogens is 4. The van der Waals surface area contributed by atoms with Gasteiger partial charge in [0.05, 0.1) is 5.69 Å². The van der Waals surface area contributed by atoms with Crippen molar-refractivity contribution in [3.05, 3.63) is 66.2 Å². The second-order valence-corrected chi connectivity index (χ2v) is 6.71. The van der Waals surface area contributed by atoms with Crippen LogP contribution in [0.25, 0.3) is 5.69 Å². The van der Waals surface area contributed by atoms with E-state index in [-0.39, 0.29) is 24.2 Å². The summed E-state index contributed by atoms with van der Waals surface area (Å²) in [5.41, 5.74) is 0.894. The minimum Gasteiger partial charge on any atom is -0.484 e. The Kier molecular flexibility index (Phi) is 5.27. The predicted octanol–water partition coefficient (Wildman–Crippen LogP) is 2.59. The first kappa shape index (κ1) is 18.1. The van der Waals surface area contributed by atoms with Gasteiger partial charge in [-0.05, 0) is 59.7 Å². The van der Waals surface area contributed by atoms with Gasteiger partial charge in [-0.25, -0.2) is 4.39 Å². The Morgan fingerprint density at radius 3 is 2.71 bits per heavy atom. The smallest absolute Gasteiger partial charge is 0.260 e. The molecule has 4 rings (SSSR count).